The van der Waals surface area contributed by atoms with Crippen molar-refractivity contribution < 1.29 is 9.18 Å². The monoisotopic (exact) mass is 261 g/mol. The Kier molecular flexibility index (Phi) is 3.85. The second-order valence-electron chi connectivity index (χ2n) is 3.57. The number of ketones is 1. The highest BCUT2D eigenvalue weighted by molar-refractivity contribution is 6.32. The summed E-state index contributed by atoms with van der Waals surface area (Å²) >= 11 is 5.84. The first-order chi connectivity index (χ1) is 8.68. The third kappa shape index (κ3) is 2.81. The topological polar surface area (TPSA) is 30.0 Å². The summed E-state index contributed by atoms with van der Waals surface area (Å²) in [7, 11) is 0. The Morgan fingerprint density at radius 1 is 1.28 bits per heavy atom. The Bertz CT molecular complexity index is 576. The van der Waals surface area contributed by atoms with Gasteiger partial charge in [0.15, 0.2) is 5.78 Å². The summed E-state index contributed by atoms with van der Waals surface area (Å²) in [6.45, 7) is 0. The first-order valence-corrected chi connectivity index (χ1v) is 5.63. The standard InChI is InChI=1S/C14H9ClFNO/c15-12-4-1-5-13(16)11(12)6-7-14(18)10-3-2-8-17-9-10/h1-9H/b7-6+. The maximum Gasteiger partial charge on any atom is 0.187 e. The van der Waals surface area contributed by atoms with E-state index in [0.29, 0.717) is 5.56 Å². The molecule has 1 heterocycles. The number of hydrogen-bond donors (Lipinski definition) is 0. The van der Waals surface area contributed by atoms with Gasteiger partial charge >= 0.3 is 0 Å². The molecule has 0 radical (unpaired) electrons. The first-order valence-electron chi connectivity index (χ1n) is 5.25. The van der Waals surface area contributed by atoms with Crippen LogP contribution >= 0.6 is 11.6 Å². The smallest absolute Gasteiger partial charge is 0.187 e. The SMILES string of the molecule is O=C(/C=C/c1c(F)cccc1Cl)c1cccnc1. The van der Waals surface area contributed by atoms with Gasteiger partial charge in [-0.05, 0) is 36.4 Å². The highest BCUT2D eigenvalue weighted by Gasteiger charge is 2.05. The van der Waals surface area contributed by atoms with E-state index in [2.05, 4.69) is 4.98 Å². The quantitative estimate of drug-likeness (QED) is 0.622. The van der Waals surface area contributed by atoms with Crippen molar-refractivity contribution in [2.75, 3.05) is 0 Å². The summed E-state index contributed by atoms with van der Waals surface area (Å²) in [6, 6.07) is 7.68. The molecule has 0 spiro atoms. The van der Waals surface area contributed by atoms with Gasteiger partial charge in [0.05, 0.1) is 5.02 Å². The van der Waals surface area contributed by atoms with Crippen LogP contribution < -0.4 is 0 Å². The summed E-state index contributed by atoms with van der Waals surface area (Å²) in [5.41, 5.74) is 0.651. The number of benzene rings is 1. The molecule has 0 N–H and O–H groups in total. The molecule has 0 amide bonds. The maximum absolute atomic E-state index is 13.4. The van der Waals surface area contributed by atoms with Crippen LogP contribution in [0.1, 0.15) is 15.9 Å². The Morgan fingerprint density at radius 3 is 2.78 bits per heavy atom. The van der Waals surface area contributed by atoms with Crippen molar-refractivity contribution in [1.29, 1.82) is 0 Å². The molecule has 1 aromatic heterocycles. The zero-order chi connectivity index (χ0) is 13.0. The van der Waals surface area contributed by atoms with Crippen LogP contribution in [0.5, 0.6) is 0 Å². The van der Waals surface area contributed by atoms with Crippen LogP contribution in [0.3, 0.4) is 0 Å². The van der Waals surface area contributed by atoms with Crippen molar-refractivity contribution in [3.05, 3.63) is 70.8 Å². The Morgan fingerprint density at radius 2 is 2.11 bits per heavy atom. The van der Waals surface area contributed by atoms with Gasteiger partial charge in [0.25, 0.3) is 0 Å². The average molecular weight is 262 g/mol. The minimum atomic E-state index is -0.460. The summed E-state index contributed by atoms with van der Waals surface area (Å²) in [6.07, 6.45) is 5.68. The van der Waals surface area contributed by atoms with Gasteiger partial charge in [-0.1, -0.05) is 17.7 Å². The van der Waals surface area contributed by atoms with Crippen molar-refractivity contribution in [2.45, 2.75) is 0 Å². The summed E-state index contributed by atoms with van der Waals surface area (Å²) in [5.74, 6) is -0.708. The lowest BCUT2D eigenvalue weighted by Crippen LogP contribution is -1.94. The molecular formula is C14H9ClFNO. The van der Waals surface area contributed by atoms with Gasteiger partial charge in [0.2, 0.25) is 0 Å². The van der Waals surface area contributed by atoms with Gasteiger partial charge in [-0.15, -0.1) is 0 Å². The van der Waals surface area contributed by atoms with E-state index in [1.54, 1.807) is 24.4 Å². The van der Waals surface area contributed by atoms with Crippen LogP contribution in [0.2, 0.25) is 5.02 Å². The molecule has 4 heteroatoms. The molecule has 0 fully saturated rings. The predicted molar refractivity (Wildman–Crippen MR) is 69.0 cm³/mol. The molecule has 1 aromatic carbocycles. The fourth-order valence-electron chi connectivity index (χ4n) is 1.43. The number of aromatic nitrogens is 1. The number of carbonyl (C=O) groups is 1. The number of pyridine rings is 1. The zero-order valence-electron chi connectivity index (χ0n) is 9.31. The number of hydrogen-bond acceptors (Lipinski definition) is 2. The van der Waals surface area contributed by atoms with E-state index in [-0.39, 0.29) is 16.4 Å². The zero-order valence-corrected chi connectivity index (χ0v) is 10.1. The van der Waals surface area contributed by atoms with E-state index in [9.17, 15) is 9.18 Å². The minimum absolute atomic E-state index is 0.205. The molecule has 0 unspecified atom stereocenters. The maximum atomic E-state index is 13.4. The van der Waals surface area contributed by atoms with E-state index >= 15 is 0 Å². The van der Waals surface area contributed by atoms with Crippen molar-refractivity contribution in [3.63, 3.8) is 0 Å². The van der Waals surface area contributed by atoms with Gasteiger partial charge in [-0.2, -0.15) is 0 Å². The molecule has 0 aliphatic carbocycles. The van der Waals surface area contributed by atoms with E-state index in [1.807, 2.05) is 0 Å². The lowest BCUT2D eigenvalue weighted by atomic mass is 10.1. The number of rotatable bonds is 3. The average Bonchev–Trinajstić information content (AvgIpc) is 2.39. The molecule has 0 aliphatic rings. The third-order valence-corrected chi connectivity index (χ3v) is 2.68. The second-order valence-corrected chi connectivity index (χ2v) is 3.98. The van der Waals surface area contributed by atoms with Gasteiger partial charge in [0.1, 0.15) is 5.82 Å². The van der Waals surface area contributed by atoms with Gasteiger partial charge < -0.3 is 0 Å². The molecule has 0 atom stereocenters. The Hall–Kier alpha value is -2.00. The normalized spacial score (nSPS) is 10.8. The summed E-state index contributed by atoms with van der Waals surface area (Å²) < 4.78 is 13.4. The highest BCUT2D eigenvalue weighted by atomic mass is 35.5. The van der Waals surface area contributed by atoms with E-state index < -0.39 is 5.82 Å². The summed E-state index contributed by atoms with van der Waals surface area (Å²) in [5, 5.41) is 0.269. The molecule has 90 valence electrons. The fourth-order valence-corrected chi connectivity index (χ4v) is 1.66. The van der Waals surface area contributed by atoms with Gasteiger partial charge in [0, 0.05) is 23.5 Å². The van der Waals surface area contributed by atoms with Crippen molar-refractivity contribution in [3.8, 4) is 0 Å². The molecule has 2 rings (SSSR count). The highest BCUT2D eigenvalue weighted by Crippen LogP contribution is 2.20. The molecule has 18 heavy (non-hydrogen) atoms. The minimum Gasteiger partial charge on any atom is -0.289 e. The Labute approximate surface area is 109 Å². The van der Waals surface area contributed by atoms with E-state index in [0.717, 1.165) is 0 Å². The van der Waals surface area contributed by atoms with E-state index in [1.165, 1.54) is 30.5 Å². The number of allylic oxidation sites excluding steroid dienone is 1. The van der Waals surface area contributed by atoms with Crippen LogP contribution in [0.4, 0.5) is 4.39 Å². The van der Waals surface area contributed by atoms with Crippen molar-refractivity contribution in [1.82, 2.24) is 4.98 Å². The molecular weight excluding hydrogens is 253 g/mol. The molecule has 0 bridgehead atoms. The fraction of sp³-hybridized carbons (Fsp3) is 0. The van der Waals surface area contributed by atoms with E-state index in [4.69, 9.17) is 11.6 Å². The number of halogens is 2. The van der Waals surface area contributed by atoms with Crippen LogP contribution in [-0.4, -0.2) is 10.8 Å². The van der Waals surface area contributed by atoms with Crippen LogP contribution in [0, 0.1) is 5.82 Å². The number of nitrogens with zero attached hydrogens (tertiary/aromatic N) is 1. The molecule has 2 nitrogen and oxygen atoms in total. The van der Waals surface area contributed by atoms with Crippen molar-refractivity contribution >= 4 is 23.5 Å². The van der Waals surface area contributed by atoms with Crippen LogP contribution in [-0.2, 0) is 0 Å². The van der Waals surface area contributed by atoms with Crippen LogP contribution in [0.15, 0.2) is 48.8 Å². The molecule has 0 saturated heterocycles. The third-order valence-electron chi connectivity index (χ3n) is 2.35. The van der Waals surface area contributed by atoms with Crippen LogP contribution in [0.25, 0.3) is 6.08 Å². The largest absolute Gasteiger partial charge is 0.289 e. The first kappa shape index (κ1) is 12.5. The predicted octanol–water partition coefficient (Wildman–Crippen LogP) is 3.77. The second kappa shape index (κ2) is 5.56. The Balaban J connectivity index is 2.24. The van der Waals surface area contributed by atoms with Crippen molar-refractivity contribution in [2.24, 2.45) is 0 Å². The lowest BCUT2D eigenvalue weighted by Gasteiger charge is -1.99. The van der Waals surface area contributed by atoms with Gasteiger partial charge in [-0.3, -0.25) is 9.78 Å². The molecule has 0 saturated carbocycles. The van der Waals surface area contributed by atoms with Gasteiger partial charge in [-0.25, -0.2) is 4.39 Å². The number of carbonyl (C=O) groups excluding carboxylic acids is 1. The lowest BCUT2D eigenvalue weighted by molar-refractivity contribution is 0.104. The molecule has 0 aliphatic heterocycles. The molecule has 2 aromatic rings. The summed E-state index contributed by atoms with van der Waals surface area (Å²) in [4.78, 5) is 15.6.